The molecule has 6 heteroatoms. The van der Waals surface area contributed by atoms with Crippen LogP contribution in [0.2, 0.25) is 0 Å². The Bertz CT molecular complexity index is 405. The van der Waals surface area contributed by atoms with Crippen molar-refractivity contribution < 1.29 is 14.6 Å². The molecule has 0 amide bonds. The maximum Gasteiger partial charge on any atom is 0.339 e. The third kappa shape index (κ3) is 2.71. The van der Waals surface area contributed by atoms with Gasteiger partial charge in [0.05, 0.1) is 12.8 Å². The summed E-state index contributed by atoms with van der Waals surface area (Å²) in [5.74, 6) is -0.296. The molecule has 17 heavy (non-hydrogen) atoms. The van der Waals surface area contributed by atoms with Crippen LogP contribution in [0.1, 0.15) is 23.7 Å². The van der Waals surface area contributed by atoms with E-state index >= 15 is 0 Å². The molecule has 6 nitrogen and oxygen atoms in total. The summed E-state index contributed by atoms with van der Waals surface area (Å²) in [6.45, 7) is 3.47. The molecule has 1 fully saturated rings. The molecule has 0 aliphatic carbocycles. The summed E-state index contributed by atoms with van der Waals surface area (Å²) in [5, 5.41) is 19.6. The predicted octanol–water partition coefficient (Wildman–Crippen LogP) is 1.01. The highest BCUT2D eigenvalue weighted by Gasteiger charge is 2.24. The van der Waals surface area contributed by atoms with E-state index in [0.717, 1.165) is 13.0 Å². The van der Waals surface area contributed by atoms with Crippen LogP contribution in [0.15, 0.2) is 12.3 Å². The highest BCUT2D eigenvalue weighted by atomic mass is 16.5. The van der Waals surface area contributed by atoms with Gasteiger partial charge in [0.1, 0.15) is 5.56 Å². The Labute approximate surface area is 99.0 Å². The number of aromatic carboxylic acids is 1. The zero-order valence-corrected chi connectivity index (χ0v) is 9.59. The van der Waals surface area contributed by atoms with Gasteiger partial charge >= 0.3 is 5.97 Å². The van der Waals surface area contributed by atoms with Gasteiger partial charge in [-0.1, -0.05) is 0 Å². The zero-order valence-electron chi connectivity index (χ0n) is 9.59. The van der Waals surface area contributed by atoms with Crippen molar-refractivity contribution in [2.75, 3.05) is 18.5 Å². The summed E-state index contributed by atoms with van der Waals surface area (Å²) in [5.41, 5.74) is 0.144. The van der Waals surface area contributed by atoms with Gasteiger partial charge in [-0.25, -0.2) is 4.79 Å². The fourth-order valence-electron chi connectivity index (χ4n) is 1.89. The van der Waals surface area contributed by atoms with Crippen molar-refractivity contribution in [3.05, 3.63) is 17.8 Å². The summed E-state index contributed by atoms with van der Waals surface area (Å²) >= 11 is 0. The number of carboxylic acids is 1. The second kappa shape index (κ2) is 5.09. The lowest BCUT2D eigenvalue weighted by Gasteiger charge is -2.20. The van der Waals surface area contributed by atoms with Gasteiger partial charge in [-0.2, -0.15) is 5.10 Å². The summed E-state index contributed by atoms with van der Waals surface area (Å²) in [4.78, 5) is 11.0. The minimum atomic E-state index is -1.00. The van der Waals surface area contributed by atoms with Gasteiger partial charge in [-0.15, -0.1) is 5.10 Å². The standard InChI is InChI=1S/C11H15N3O3/c1-7(8-3-5-17-6-8)13-10-9(11(15)16)2-4-12-14-10/h2,4,7-8H,3,5-6H2,1H3,(H,13,14)(H,15,16). The van der Waals surface area contributed by atoms with Crippen LogP contribution in [0.3, 0.4) is 0 Å². The summed E-state index contributed by atoms with van der Waals surface area (Å²) < 4.78 is 5.30. The normalized spacial score (nSPS) is 21.1. The number of aromatic nitrogens is 2. The van der Waals surface area contributed by atoms with Crippen molar-refractivity contribution >= 4 is 11.8 Å². The average molecular weight is 237 g/mol. The minimum absolute atomic E-state index is 0.118. The first-order valence-corrected chi connectivity index (χ1v) is 5.57. The molecule has 2 unspecified atom stereocenters. The quantitative estimate of drug-likeness (QED) is 0.813. The Hall–Kier alpha value is -1.69. The van der Waals surface area contributed by atoms with Crippen molar-refractivity contribution in [3.63, 3.8) is 0 Å². The molecule has 2 atom stereocenters. The first kappa shape index (κ1) is 11.8. The Morgan fingerprint density at radius 3 is 3.18 bits per heavy atom. The topological polar surface area (TPSA) is 84.3 Å². The smallest absolute Gasteiger partial charge is 0.339 e. The number of carboxylic acid groups (broad SMARTS) is 1. The van der Waals surface area contributed by atoms with E-state index in [1.54, 1.807) is 0 Å². The second-order valence-corrected chi connectivity index (χ2v) is 4.16. The van der Waals surface area contributed by atoms with Crippen LogP contribution in [-0.2, 0) is 4.74 Å². The Morgan fingerprint density at radius 1 is 1.71 bits per heavy atom. The van der Waals surface area contributed by atoms with E-state index in [4.69, 9.17) is 9.84 Å². The molecule has 1 saturated heterocycles. The lowest BCUT2D eigenvalue weighted by molar-refractivity contribution is 0.0697. The summed E-state index contributed by atoms with van der Waals surface area (Å²) in [6.07, 6.45) is 2.36. The van der Waals surface area contributed by atoms with E-state index in [0.29, 0.717) is 18.3 Å². The van der Waals surface area contributed by atoms with Crippen LogP contribution in [0, 0.1) is 5.92 Å². The zero-order chi connectivity index (χ0) is 12.3. The molecule has 1 aromatic rings. The van der Waals surface area contributed by atoms with E-state index in [-0.39, 0.29) is 11.6 Å². The first-order chi connectivity index (χ1) is 8.18. The van der Waals surface area contributed by atoms with Crippen LogP contribution in [0.25, 0.3) is 0 Å². The molecular formula is C11H15N3O3. The fraction of sp³-hybridized carbons (Fsp3) is 0.545. The first-order valence-electron chi connectivity index (χ1n) is 5.57. The van der Waals surface area contributed by atoms with Crippen LogP contribution in [-0.4, -0.2) is 40.5 Å². The maximum absolute atomic E-state index is 11.0. The lowest BCUT2D eigenvalue weighted by atomic mass is 10.0. The molecule has 0 spiro atoms. The van der Waals surface area contributed by atoms with Gasteiger partial charge in [0.2, 0.25) is 0 Å². The molecule has 0 saturated carbocycles. The lowest BCUT2D eigenvalue weighted by Crippen LogP contribution is -2.27. The summed E-state index contributed by atoms with van der Waals surface area (Å²) in [6, 6.07) is 1.56. The highest BCUT2D eigenvalue weighted by Crippen LogP contribution is 2.20. The van der Waals surface area contributed by atoms with Gasteiger partial charge in [0, 0.05) is 18.6 Å². The van der Waals surface area contributed by atoms with E-state index in [2.05, 4.69) is 15.5 Å². The van der Waals surface area contributed by atoms with Crippen LogP contribution in [0.5, 0.6) is 0 Å². The molecule has 2 heterocycles. The summed E-state index contributed by atoms with van der Waals surface area (Å²) in [7, 11) is 0. The third-order valence-electron chi connectivity index (χ3n) is 2.99. The predicted molar refractivity (Wildman–Crippen MR) is 61.0 cm³/mol. The van der Waals surface area contributed by atoms with E-state index in [1.165, 1.54) is 12.3 Å². The molecule has 1 aromatic heterocycles. The number of hydrogen-bond acceptors (Lipinski definition) is 5. The van der Waals surface area contributed by atoms with Gasteiger partial charge in [-0.3, -0.25) is 0 Å². The maximum atomic E-state index is 11.0. The van der Waals surface area contributed by atoms with Gasteiger partial charge in [0.25, 0.3) is 0 Å². The Morgan fingerprint density at radius 2 is 2.53 bits per heavy atom. The van der Waals surface area contributed by atoms with E-state index in [9.17, 15) is 4.79 Å². The van der Waals surface area contributed by atoms with Gasteiger partial charge < -0.3 is 15.2 Å². The highest BCUT2D eigenvalue weighted by molar-refractivity contribution is 5.92. The monoisotopic (exact) mass is 237 g/mol. The Balaban J connectivity index is 2.09. The molecule has 1 aliphatic heterocycles. The van der Waals surface area contributed by atoms with Crippen molar-refractivity contribution in [1.29, 1.82) is 0 Å². The van der Waals surface area contributed by atoms with Gasteiger partial charge in [-0.05, 0) is 19.4 Å². The number of anilines is 1. The van der Waals surface area contributed by atoms with Crippen LogP contribution >= 0.6 is 0 Å². The number of nitrogens with zero attached hydrogens (tertiary/aromatic N) is 2. The molecule has 2 rings (SSSR count). The van der Waals surface area contributed by atoms with Crippen LogP contribution < -0.4 is 5.32 Å². The number of ether oxygens (including phenoxy) is 1. The van der Waals surface area contributed by atoms with Crippen molar-refractivity contribution in [2.45, 2.75) is 19.4 Å². The molecule has 2 N–H and O–H groups in total. The Kier molecular flexibility index (Phi) is 3.53. The second-order valence-electron chi connectivity index (χ2n) is 4.16. The number of nitrogens with one attached hydrogen (secondary N) is 1. The SMILES string of the molecule is CC(Nc1nnccc1C(=O)O)C1CCOC1. The number of hydrogen-bond donors (Lipinski definition) is 2. The largest absolute Gasteiger partial charge is 0.478 e. The molecule has 1 aliphatic rings. The van der Waals surface area contributed by atoms with E-state index < -0.39 is 5.97 Å². The molecular weight excluding hydrogens is 222 g/mol. The molecule has 92 valence electrons. The van der Waals surface area contributed by atoms with Gasteiger partial charge in [0.15, 0.2) is 5.82 Å². The van der Waals surface area contributed by atoms with Crippen molar-refractivity contribution in [2.24, 2.45) is 5.92 Å². The van der Waals surface area contributed by atoms with Crippen molar-refractivity contribution in [3.8, 4) is 0 Å². The van der Waals surface area contributed by atoms with E-state index in [1.807, 2.05) is 6.92 Å². The third-order valence-corrected chi connectivity index (χ3v) is 2.99. The minimum Gasteiger partial charge on any atom is -0.478 e. The molecule has 0 aromatic carbocycles. The number of rotatable bonds is 4. The van der Waals surface area contributed by atoms with Crippen molar-refractivity contribution in [1.82, 2.24) is 10.2 Å². The number of carbonyl (C=O) groups is 1. The molecule has 0 radical (unpaired) electrons. The molecule has 0 bridgehead atoms. The van der Waals surface area contributed by atoms with Crippen LogP contribution in [0.4, 0.5) is 5.82 Å². The fourth-order valence-corrected chi connectivity index (χ4v) is 1.89. The average Bonchev–Trinajstić information content (AvgIpc) is 2.83.